The number of hydrogen-bond acceptors (Lipinski definition) is 2. The Labute approximate surface area is 141 Å². The van der Waals surface area contributed by atoms with Gasteiger partial charge in [0.1, 0.15) is 0 Å². The predicted octanol–water partition coefficient (Wildman–Crippen LogP) is 2.76. The number of carbonyl (C=O) groups is 2. The highest BCUT2D eigenvalue weighted by Crippen LogP contribution is 2.37. The van der Waals surface area contributed by atoms with Crippen LogP contribution in [0.4, 0.5) is 5.69 Å². The number of rotatable bonds is 3. The van der Waals surface area contributed by atoms with Gasteiger partial charge in [-0.15, -0.1) is 0 Å². The SMILES string of the molecule is Cc1ccccc1CNC(=O)c1cc2c3c(c1)CC(=O)N3CCC2. The van der Waals surface area contributed by atoms with Crippen LogP contribution >= 0.6 is 0 Å². The minimum atomic E-state index is -0.0752. The number of amides is 2. The minimum Gasteiger partial charge on any atom is -0.348 e. The molecule has 0 saturated carbocycles. The van der Waals surface area contributed by atoms with Crippen LogP contribution in [0.5, 0.6) is 0 Å². The third-order valence-corrected chi connectivity index (χ3v) is 4.97. The van der Waals surface area contributed by atoms with Crippen molar-refractivity contribution in [2.45, 2.75) is 32.7 Å². The normalized spacial score (nSPS) is 15.4. The molecule has 2 aliphatic heterocycles. The first-order chi connectivity index (χ1) is 11.6. The molecule has 122 valence electrons. The molecule has 2 aromatic rings. The lowest BCUT2D eigenvalue weighted by Gasteiger charge is -2.25. The Morgan fingerprint density at radius 3 is 2.83 bits per heavy atom. The molecule has 2 aliphatic rings. The number of nitrogens with zero attached hydrogens (tertiary/aromatic N) is 1. The molecule has 4 nitrogen and oxygen atoms in total. The largest absolute Gasteiger partial charge is 0.348 e. The lowest BCUT2D eigenvalue weighted by molar-refractivity contribution is -0.117. The number of carbonyl (C=O) groups excluding carboxylic acids is 2. The molecule has 0 radical (unpaired) electrons. The van der Waals surface area contributed by atoms with E-state index in [0.29, 0.717) is 18.5 Å². The molecule has 2 amide bonds. The summed E-state index contributed by atoms with van der Waals surface area (Å²) in [5.41, 5.74) is 6.14. The van der Waals surface area contributed by atoms with E-state index < -0.39 is 0 Å². The Morgan fingerprint density at radius 2 is 2.00 bits per heavy atom. The smallest absolute Gasteiger partial charge is 0.251 e. The van der Waals surface area contributed by atoms with Gasteiger partial charge in [0.15, 0.2) is 0 Å². The fourth-order valence-electron chi connectivity index (χ4n) is 3.70. The second-order valence-electron chi connectivity index (χ2n) is 6.58. The molecule has 0 fully saturated rings. The average molecular weight is 320 g/mol. The maximum absolute atomic E-state index is 12.6. The molecule has 0 saturated heterocycles. The van der Waals surface area contributed by atoms with Crippen LogP contribution in [0.1, 0.15) is 39.0 Å². The van der Waals surface area contributed by atoms with Crippen molar-refractivity contribution in [3.63, 3.8) is 0 Å². The van der Waals surface area contributed by atoms with Crippen LogP contribution in [-0.2, 0) is 24.2 Å². The zero-order valence-corrected chi connectivity index (χ0v) is 13.8. The summed E-state index contributed by atoms with van der Waals surface area (Å²) >= 11 is 0. The summed E-state index contributed by atoms with van der Waals surface area (Å²) in [7, 11) is 0. The highest BCUT2D eigenvalue weighted by Gasteiger charge is 2.32. The van der Waals surface area contributed by atoms with E-state index in [1.807, 2.05) is 48.2 Å². The second-order valence-corrected chi connectivity index (χ2v) is 6.58. The Balaban J connectivity index is 1.57. The van der Waals surface area contributed by atoms with E-state index in [4.69, 9.17) is 0 Å². The second kappa shape index (κ2) is 5.78. The first kappa shape index (κ1) is 14.9. The molecule has 0 atom stereocenters. The van der Waals surface area contributed by atoms with Crippen LogP contribution < -0.4 is 10.2 Å². The van der Waals surface area contributed by atoms with E-state index in [2.05, 4.69) is 5.32 Å². The average Bonchev–Trinajstić information content (AvgIpc) is 2.91. The third kappa shape index (κ3) is 2.48. The molecule has 0 aliphatic carbocycles. The number of aryl methyl sites for hydroxylation is 2. The topological polar surface area (TPSA) is 49.4 Å². The van der Waals surface area contributed by atoms with Gasteiger partial charge in [-0.2, -0.15) is 0 Å². The maximum atomic E-state index is 12.6. The van der Waals surface area contributed by atoms with Crippen LogP contribution in [-0.4, -0.2) is 18.4 Å². The quantitative estimate of drug-likeness (QED) is 0.945. The van der Waals surface area contributed by atoms with E-state index in [0.717, 1.165) is 41.8 Å². The minimum absolute atomic E-state index is 0.0752. The zero-order valence-electron chi connectivity index (χ0n) is 13.8. The zero-order chi connectivity index (χ0) is 16.7. The molecule has 24 heavy (non-hydrogen) atoms. The van der Waals surface area contributed by atoms with Gasteiger partial charge < -0.3 is 10.2 Å². The van der Waals surface area contributed by atoms with Gasteiger partial charge in [0.25, 0.3) is 5.91 Å². The summed E-state index contributed by atoms with van der Waals surface area (Å²) in [6.07, 6.45) is 2.32. The first-order valence-electron chi connectivity index (χ1n) is 8.42. The summed E-state index contributed by atoms with van der Waals surface area (Å²) in [5, 5.41) is 3.00. The fraction of sp³-hybridized carbons (Fsp3) is 0.300. The Bertz CT molecular complexity index is 842. The van der Waals surface area contributed by atoms with Gasteiger partial charge in [-0.25, -0.2) is 0 Å². The highest BCUT2D eigenvalue weighted by atomic mass is 16.2. The molecule has 0 spiro atoms. The molecule has 4 rings (SSSR count). The Hall–Kier alpha value is -2.62. The molecule has 1 N–H and O–H groups in total. The van der Waals surface area contributed by atoms with Crippen molar-refractivity contribution >= 4 is 17.5 Å². The van der Waals surface area contributed by atoms with Crippen LogP contribution in [0.15, 0.2) is 36.4 Å². The Kier molecular flexibility index (Phi) is 3.60. The van der Waals surface area contributed by atoms with E-state index in [9.17, 15) is 9.59 Å². The van der Waals surface area contributed by atoms with Gasteiger partial charge in [-0.05, 0) is 54.2 Å². The predicted molar refractivity (Wildman–Crippen MR) is 93.2 cm³/mol. The maximum Gasteiger partial charge on any atom is 0.251 e. The van der Waals surface area contributed by atoms with Crippen molar-refractivity contribution < 1.29 is 9.59 Å². The molecular weight excluding hydrogens is 300 g/mol. The Morgan fingerprint density at radius 1 is 1.21 bits per heavy atom. The van der Waals surface area contributed by atoms with Crippen molar-refractivity contribution in [2.75, 3.05) is 11.4 Å². The highest BCUT2D eigenvalue weighted by molar-refractivity contribution is 6.04. The van der Waals surface area contributed by atoms with Crippen LogP contribution in [0.3, 0.4) is 0 Å². The van der Waals surface area contributed by atoms with Gasteiger partial charge in [-0.1, -0.05) is 24.3 Å². The van der Waals surface area contributed by atoms with Gasteiger partial charge in [0.2, 0.25) is 5.91 Å². The van der Waals surface area contributed by atoms with Gasteiger partial charge in [0.05, 0.1) is 12.1 Å². The lowest BCUT2D eigenvalue weighted by Crippen LogP contribution is -2.31. The molecule has 2 heterocycles. The summed E-state index contributed by atoms with van der Waals surface area (Å²) in [6, 6.07) is 11.9. The number of nitrogens with one attached hydrogen (secondary N) is 1. The van der Waals surface area contributed by atoms with Gasteiger partial charge in [-0.3, -0.25) is 9.59 Å². The van der Waals surface area contributed by atoms with Crippen LogP contribution in [0.25, 0.3) is 0 Å². The van der Waals surface area contributed by atoms with Crippen molar-refractivity contribution in [1.82, 2.24) is 5.32 Å². The van der Waals surface area contributed by atoms with Gasteiger partial charge >= 0.3 is 0 Å². The van der Waals surface area contributed by atoms with Crippen molar-refractivity contribution in [2.24, 2.45) is 0 Å². The summed E-state index contributed by atoms with van der Waals surface area (Å²) in [5.74, 6) is 0.0807. The fourth-order valence-corrected chi connectivity index (χ4v) is 3.70. The van der Waals surface area contributed by atoms with Crippen molar-refractivity contribution in [1.29, 1.82) is 0 Å². The molecule has 4 heteroatoms. The number of benzene rings is 2. The molecule has 0 unspecified atom stereocenters. The molecular formula is C20H20N2O2. The number of anilines is 1. The molecule has 0 aromatic heterocycles. The molecule has 0 bridgehead atoms. The van der Waals surface area contributed by atoms with Crippen LogP contribution in [0, 0.1) is 6.92 Å². The van der Waals surface area contributed by atoms with Gasteiger partial charge in [0, 0.05) is 18.7 Å². The van der Waals surface area contributed by atoms with E-state index >= 15 is 0 Å². The first-order valence-corrected chi connectivity index (χ1v) is 8.42. The number of hydrogen-bond donors (Lipinski definition) is 1. The standard InChI is InChI=1S/C20H20N2O2/c1-13-5-2-3-6-15(13)12-21-20(24)17-9-14-7-4-8-22-18(23)11-16(10-17)19(14)22/h2-3,5-6,9-10H,4,7-8,11-12H2,1H3,(H,21,24). The van der Waals surface area contributed by atoms with E-state index in [-0.39, 0.29) is 11.8 Å². The van der Waals surface area contributed by atoms with E-state index in [1.165, 1.54) is 5.56 Å². The summed E-state index contributed by atoms with van der Waals surface area (Å²) < 4.78 is 0. The lowest BCUT2D eigenvalue weighted by atomic mass is 9.96. The van der Waals surface area contributed by atoms with Crippen LogP contribution in [0.2, 0.25) is 0 Å². The molecule has 2 aromatic carbocycles. The monoisotopic (exact) mass is 320 g/mol. The van der Waals surface area contributed by atoms with Crippen molar-refractivity contribution in [3.8, 4) is 0 Å². The third-order valence-electron chi connectivity index (χ3n) is 4.97. The van der Waals surface area contributed by atoms with E-state index in [1.54, 1.807) is 0 Å². The van der Waals surface area contributed by atoms with Crippen molar-refractivity contribution in [3.05, 3.63) is 64.2 Å². The summed E-state index contributed by atoms with van der Waals surface area (Å²) in [6.45, 7) is 3.36. The summed E-state index contributed by atoms with van der Waals surface area (Å²) in [4.78, 5) is 26.5.